The number of hydrogen-bond acceptors (Lipinski definition) is 2. The number of amides is 1. The van der Waals surface area contributed by atoms with E-state index >= 15 is 0 Å². The SMILES string of the molecule is C[C@@H](NCc1cccc(NC(=O)c2ccccc2Cl)c1)c1ccccc1Br. The number of rotatable bonds is 6. The smallest absolute Gasteiger partial charge is 0.257 e. The fourth-order valence-corrected chi connectivity index (χ4v) is 3.66. The van der Waals surface area contributed by atoms with Crippen LogP contribution in [0, 0.1) is 0 Å². The number of nitrogens with one attached hydrogen (secondary N) is 2. The molecule has 0 unspecified atom stereocenters. The molecule has 0 radical (unpaired) electrons. The number of carbonyl (C=O) groups is 1. The molecule has 0 aliphatic carbocycles. The van der Waals surface area contributed by atoms with Crippen LogP contribution >= 0.6 is 27.5 Å². The summed E-state index contributed by atoms with van der Waals surface area (Å²) in [5.74, 6) is -0.215. The van der Waals surface area contributed by atoms with E-state index in [2.05, 4.69) is 39.6 Å². The van der Waals surface area contributed by atoms with Gasteiger partial charge in [-0.3, -0.25) is 4.79 Å². The van der Waals surface area contributed by atoms with E-state index in [0.717, 1.165) is 15.7 Å². The molecule has 138 valence electrons. The largest absolute Gasteiger partial charge is 0.322 e. The van der Waals surface area contributed by atoms with Gasteiger partial charge in [-0.05, 0) is 48.4 Å². The summed E-state index contributed by atoms with van der Waals surface area (Å²) < 4.78 is 1.09. The number of hydrogen-bond donors (Lipinski definition) is 2. The summed E-state index contributed by atoms with van der Waals surface area (Å²) >= 11 is 9.69. The minimum absolute atomic E-state index is 0.196. The number of anilines is 1. The summed E-state index contributed by atoms with van der Waals surface area (Å²) in [6, 6.07) is 23.2. The van der Waals surface area contributed by atoms with Gasteiger partial charge in [-0.1, -0.05) is 70.0 Å². The lowest BCUT2D eigenvalue weighted by atomic mass is 10.1. The molecule has 5 heteroatoms. The van der Waals surface area contributed by atoms with Gasteiger partial charge in [-0.25, -0.2) is 0 Å². The van der Waals surface area contributed by atoms with E-state index in [4.69, 9.17) is 11.6 Å². The van der Waals surface area contributed by atoms with Gasteiger partial charge in [-0.2, -0.15) is 0 Å². The van der Waals surface area contributed by atoms with Crippen molar-refractivity contribution >= 4 is 39.1 Å². The molecule has 0 saturated carbocycles. The minimum atomic E-state index is -0.215. The van der Waals surface area contributed by atoms with Crippen molar-refractivity contribution in [1.29, 1.82) is 0 Å². The average molecular weight is 444 g/mol. The van der Waals surface area contributed by atoms with Gasteiger partial charge in [0.25, 0.3) is 5.91 Å². The van der Waals surface area contributed by atoms with Crippen molar-refractivity contribution in [2.75, 3.05) is 5.32 Å². The number of benzene rings is 3. The normalized spacial score (nSPS) is 11.8. The van der Waals surface area contributed by atoms with Crippen molar-refractivity contribution in [1.82, 2.24) is 5.32 Å². The van der Waals surface area contributed by atoms with Crippen LogP contribution < -0.4 is 10.6 Å². The Labute approximate surface area is 172 Å². The predicted octanol–water partition coefficient (Wildman–Crippen LogP) is 6.21. The summed E-state index contributed by atoms with van der Waals surface area (Å²) in [6.07, 6.45) is 0. The van der Waals surface area contributed by atoms with E-state index in [1.165, 1.54) is 5.56 Å². The molecular formula is C22H20BrClN2O. The van der Waals surface area contributed by atoms with E-state index in [9.17, 15) is 4.79 Å². The molecule has 3 aromatic rings. The topological polar surface area (TPSA) is 41.1 Å². The van der Waals surface area contributed by atoms with Gasteiger partial charge in [0.2, 0.25) is 0 Å². The van der Waals surface area contributed by atoms with E-state index in [1.54, 1.807) is 24.3 Å². The Morgan fingerprint density at radius 1 is 1.04 bits per heavy atom. The second-order valence-electron chi connectivity index (χ2n) is 6.26. The Kier molecular flexibility index (Phi) is 6.67. The van der Waals surface area contributed by atoms with Gasteiger partial charge in [-0.15, -0.1) is 0 Å². The predicted molar refractivity (Wildman–Crippen MR) is 115 cm³/mol. The molecule has 0 bridgehead atoms. The van der Waals surface area contributed by atoms with Crippen molar-refractivity contribution < 1.29 is 4.79 Å². The molecule has 0 aliphatic heterocycles. The lowest BCUT2D eigenvalue weighted by molar-refractivity contribution is 0.102. The first-order valence-corrected chi connectivity index (χ1v) is 9.84. The Bertz CT molecular complexity index is 945. The molecule has 3 rings (SSSR count). The third-order valence-electron chi connectivity index (χ3n) is 4.29. The van der Waals surface area contributed by atoms with E-state index in [-0.39, 0.29) is 11.9 Å². The van der Waals surface area contributed by atoms with Gasteiger partial charge < -0.3 is 10.6 Å². The standard InChI is InChI=1S/C22H20BrClN2O/c1-15(18-9-2-4-11-20(18)23)25-14-16-7-6-8-17(13-16)26-22(27)19-10-3-5-12-21(19)24/h2-13,15,25H,14H2,1H3,(H,26,27)/t15-/m1/s1. The summed E-state index contributed by atoms with van der Waals surface area (Å²) in [4.78, 5) is 12.4. The molecule has 0 fully saturated rings. The van der Waals surface area contributed by atoms with Crippen molar-refractivity contribution in [3.8, 4) is 0 Å². The van der Waals surface area contributed by atoms with Gasteiger partial charge >= 0.3 is 0 Å². The van der Waals surface area contributed by atoms with E-state index in [0.29, 0.717) is 17.1 Å². The summed E-state index contributed by atoms with van der Waals surface area (Å²) in [7, 11) is 0. The zero-order valence-electron chi connectivity index (χ0n) is 14.9. The molecule has 2 N–H and O–H groups in total. The molecule has 3 nitrogen and oxygen atoms in total. The van der Waals surface area contributed by atoms with Crippen LogP contribution in [0.5, 0.6) is 0 Å². The molecule has 3 aromatic carbocycles. The molecule has 0 aromatic heterocycles. The Hall–Kier alpha value is -2.14. The zero-order valence-corrected chi connectivity index (χ0v) is 17.2. The highest BCUT2D eigenvalue weighted by Crippen LogP contribution is 2.23. The quantitative estimate of drug-likeness (QED) is 0.476. The van der Waals surface area contributed by atoms with Gasteiger partial charge in [0.15, 0.2) is 0 Å². The third-order valence-corrected chi connectivity index (χ3v) is 5.34. The lowest BCUT2D eigenvalue weighted by Crippen LogP contribution is -2.18. The summed E-state index contributed by atoms with van der Waals surface area (Å²) in [6.45, 7) is 2.82. The molecule has 27 heavy (non-hydrogen) atoms. The van der Waals surface area contributed by atoms with Crippen LogP contribution in [0.2, 0.25) is 5.02 Å². The highest BCUT2D eigenvalue weighted by atomic mass is 79.9. The highest BCUT2D eigenvalue weighted by molar-refractivity contribution is 9.10. The summed E-state index contributed by atoms with van der Waals surface area (Å²) in [5, 5.41) is 6.86. The van der Waals surface area contributed by atoms with Gasteiger partial charge in [0.05, 0.1) is 10.6 Å². The number of halogens is 2. The molecule has 1 atom stereocenters. The van der Waals surface area contributed by atoms with E-state index in [1.807, 2.05) is 42.5 Å². The van der Waals surface area contributed by atoms with Gasteiger partial charge in [0, 0.05) is 22.7 Å². The average Bonchev–Trinajstić information content (AvgIpc) is 2.67. The van der Waals surface area contributed by atoms with Crippen molar-refractivity contribution in [2.24, 2.45) is 0 Å². The maximum absolute atomic E-state index is 12.4. The van der Waals surface area contributed by atoms with Crippen LogP contribution in [0.15, 0.2) is 77.3 Å². The monoisotopic (exact) mass is 442 g/mol. The number of carbonyl (C=O) groups excluding carboxylic acids is 1. The first-order chi connectivity index (χ1) is 13.0. The molecule has 0 spiro atoms. The van der Waals surface area contributed by atoms with Crippen LogP contribution in [0.25, 0.3) is 0 Å². The second-order valence-corrected chi connectivity index (χ2v) is 7.52. The van der Waals surface area contributed by atoms with Crippen molar-refractivity contribution in [2.45, 2.75) is 19.5 Å². The van der Waals surface area contributed by atoms with E-state index < -0.39 is 0 Å². The molecule has 0 heterocycles. The maximum Gasteiger partial charge on any atom is 0.257 e. The van der Waals surface area contributed by atoms with Crippen molar-refractivity contribution in [3.05, 3.63) is 99.0 Å². The second kappa shape index (κ2) is 9.18. The Balaban J connectivity index is 1.65. The fourth-order valence-electron chi connectivity index (χ4n) is 2.81. The third kappa shape index (κ3) is 5.19. The Morgan fingerprint density at radius 2 is 1.78 bits per heavy atom. The molecule has 0 saturated heterocycles. The van der Waals surface area contributed by atoms with Crippen LogP contribution in [0.3, 0.4) is 0 Å². The first kappa shape index (κ1) is 19.6. The summed E-state index contributed by atoms with van der Waals surface area (Å²) in [5.41, 5.74) is 3.50. The maximum atomic E-state index is 12.4. The first-order valence-electron chi connectivity index (χ1n) is 8.67. The van der Waals surface area contributed by atoms with Gasteiger partial charge in [0.1, 0.15) is 0 Å². The molecular weight excluding hydrogens is 424 g/mol. The molecule has 1 amide bonds. The lowest BCUT2D eigenvalue weighted by Gasteiger charge is -2.16. The fraction of sp³-hybridized carbons (Fsp3) is 0.136. The minimum Gasteiger partial charge on any atom is -0.322 e. The highest BCUT2D eigenvalue weighted by Gasteiger charge is 2.11. The zero-order chi connectivity index (χ0) is 19.2. The van der Waals surface area contributed by atoms with Crippen molar-refractivity contribution in [3.63, 3.8) is 0 Å². The van der Waals surface area contributed by atoms with Crippen LogP contribution in [-0.4, -0.2) is 5.91 Å². The molecule has 0 aliphatic rings. The van der Waals surface area contributed by atoms with Crippen LogP contribution in [0.1, 0.15) is 34.5 Å². The van der Waals surface area contributed by atoms with Crippen LogP contribution in [0.4, 0.5) is 5.69 Å². The Morgan fingerprint density at radius 3 is 2.56 bits per heavy atom. The van der Waals surface area contributed by atoms with Crippen LogP contribution in [-0.2, 0) is 6.54 Å².